The van der Waals surface area contributed by atoms with Gasteiger partial charge in [-0.15, -0.1) is 10.2 Å². The molecule has 0 bridgehead atoms. The average molecular weight is 431 g/mol. The van der Waals surface area contributed by atoms with Crippen molar-refractivity contribution in [3.63, 3.8) is 0 Å². The normalized spacial score (nSPS) is 20.5. The molecule has 0 saturated carbocycles. The lowest BCUT2D eigenvalue weighted by atomic mass is 9.92. The number of aromatic nitrogens is 3. The average Bonchev–Trinajstić information content (AvgIpc) is 3.08. The van der Waals surface area contributed by atoms with Crippen LogP contribution in [0.5, 0.6) is 0 Å². The Morgan fingerprint density at radius 2 is 1.83 bits per heavy atom. The molecule has 1 amide bonds. The van der Waals surface area contributed by atoms with E-state index in [9.17, 15) is 4.79 Å². The largest absolute Gasteiger partial charge is 0.341 e. The van der Waals surface area contributed by atoms with Gasteiger partial charge in [-0.1, -0.05) is 62.9 Å². The van der Waals surface area contributed by atoms with Gasteiger partial charge in [-0.3, -0.25) is 9.36 Å². The third-order valence-corrected chi connectivity index (χ3v) is 6.84. The first kappa shape index (κ1) is 22.8. The lowest BCUT2D eigenvalue weighted by molar-refractivity contribution is -0.893. The SMILES string of the molecule is CC[C@@H](c1nnc(SCC(=O)N2C[C@H](C)C[C@H](C)C2)n1Cc1ccccc1)[NH+](C)C. The monoisotopic (exact) mass is 430 g/mol. The van der Waals surface area contributed by atoms with Crippen molar-refractivity contribution in [1.82, 2.24) is 19.7 Å². The number of nitrogens with zero attached hydrogens (tertiary/aromatic N) is 4. The van der Waals surface area contributed by atoms with Crippen molar-refractivity contribution in [3.8, 4) is 0 Å². The third-order valence-electron chi connectivity index (χ3n) is 5.89. The number of benzene rings is 1. The molecule has 1 fully saturated rings. The summed E-state index contributed by atoms with van der Waals surface area (Å²) in [7, 11) is 4.31. The van der Waals surface area contributed by atoms with E-state index in [1.54, 1.807) is 0 Å². The molecule has 0 unspecified atom stereocenters. The molecule has 7 heteroatoms. The molecule has 30 heavy (non-hydrogen) atoms. The predicted molar refractivity (Wildman–Crippen MR) is 122 cm³/mol. The van der Waals surface area contributed by atoms with E-state index in [0.29, 0.717) is 17.6 Å². The molecule has 2 heterocycles. The van der Waals surface area contributed by atoms with E-state index in [0.717, 1.165) is 37.0 Å². The number of likely N-dealkylation sites (tertiary alicyclic amines) is 1. The highest BCUT2D eigenvalue weighted by Crippen LogP contribution is 2.25. The zero-order valence-corrected chi connectivity index (χ0v) is 19.8. The molecule has 6 nitrogen and oxygen atoms in total. The van der Waals surface area contributed by atoms with Crippen molar-refractivity contribution in [2.75, 3.05) is 32.9 Å². The Balaban J connectivity index is 1.78. The number of rotatable bonds is 8. The van der Waals surface area contributed by atoms with Gasteiger partial charge in [0.2, 0.25) is 5.91 Å². The van der Waals surface area contributed by atoms with E-state index in [1.807, 2.05) is 11.0 Å². The first-order valence-electron chi connectivity index (χ1n) is 11.1. The fourth-order valence-electron chi connectivity index (χ4n) is 4.51. The van der Waals surface area contributed by atoms with Crippen LogP contribution in [-0.2, 0) is 11.3 Å². The lowest BCUT2D eigenvalue weighted by Crippen LogP contribution is -3.06. The second kappa shape index (κ2) is 10.4. The zero-order chi connectivity index (χ0) is 21.7. The summed E-state index contributed by atoms with van der Waals surface area (Å²) < 4.78 is 2.20. The molecule has 3 atom stereocenters. The van der Waals surface area contributed by atoms with E-state index >= 15 is 0 Å². The van der Waals surface area contributed by atoms with Crippen LogP contribution in [-0.4, -0.2) is 58.5 Å². The highest BCUT2D eigenvalue weighted by atomic mass is 32.2. The lowest BCUT2D eigenvalue weighted by Gasteiger charge is -2.35. The number of amides is 1. The van der Waals surface area contributed by atoms with Crippen LogP contribution in [0, 0.1) is 11.8 Å². The highest BCUT2D eigenvalue weighted by molar-refractivity contribution is 7.99. The maximum absolute atomic E-state index is 12.9. The predicted octanol–water partition coefficient (Wildman–Crippen LogP) is 2.52. The van der Waals surface area contributed by atoms with E-state index in [4.69, 9.17) is 0 Å². The summed E-state index contributed by atoms with van der Waals surface area (Å²) in [6, 6.07) is 10.7. The van der Waals surface area contributed by atoms with Gasteiger partial charge in [0.25, 0.3) is 0 Å². The Kier molecular flexibility index (Phi) is 7.94. The minimum Gasteiger partial charge on any atom is -0.341 e. The number of quaternary nitrogens is 1. The molecule has 1 aliphatic heterocycles. The molecule has 1 aromatic heterocycles. The number of thioether (sulfide) groups is 1. The van der Waals surface area contributed by atoms with Crippen LogP contribution in [0.3, 0.4) is 0 Å². The van der Waals surface area contributed by atoms with Gasteiger partial charge in [-0.05, 0) is 23.8 Å². The second-order valence-corrected chi connectivity index (χ2v) is 9.93. The number of hydrogen-bond donors (Lipinski definition) is 1. The Bertz CT molecular complexity index is 812. The molecule has 0 aliphatic carbocycles. The van der Waals surface area contributed by atoms with Crippen LogP contribution in [0.2, 0.25) is 0 Å². The van der Waals surface area contributed by atoms with E-state index < -0.39 is 0 Å². The molecule has 1 N–H and O–H groups in total. The summed E-state index contributed by atoms with van der Waals surface area (Å²) in [4.78, 5) is 16.2. The van der Waals surface area contributed by atoms with Crippen molar-refractivity contribution in [3.05, 3.63) is 41.7 Å². The summed E-state index contributed by atoms with van der Waals surface area (Å²) >= 11 is 1.52. The molecule has 2 aromatic rings. The van der Waals surface area contributed by atoms with Crippen LogP contribution in [0.15, 0.2) is 35.5 Å². The first-order valence-corrected chi connectivity index (χ1v) is 12.0. The van der Waals surface area contributed by atoms with Crippen LogP contribution in [0.4, 0.5) is 0 Å². The van der Waals surface area contributed by atoms with E-state index in [-0.39, 0.29) is 11.9 Å². The Morgan fingerprint density at radius 3 is 2.43 bits per heavy atom. The quantitative estimate of drug-likeness (QED) is 0.654. The highest BCUT2D eigenvalue weighted by Gasteiger charge is 2.28. The molecule has 3 rings (SSSR count). The number of hydrogen-bond acceptors (Lipinski definition) is 4. The van der Waals surface area contributed by atoms with Gasteiger partial charge in [0.05, 0.1) is 26.4 Å². The third kappa shape index (κ3) is 5.64. The van der Waals surface area contributed by atoms with Crippen molar-refractivity contribution in [2.24, 2.45) is 11.8 Å². The Labute approximate surface area is 185 Å². The van der Waals surface area contributed by atoms with Gasteiger partial charge < -0.3 is 9.80 Å². The van der Waals surface area contributed by atoms with Crippen molar-refractivity contribution >= 4 is 17.7 Å². The van der Waals surface area contributed by atoms with Crippen LogP contribution in [0.1, 0.15) is 51.0 Å². The number of nitrogens with one attached hydrogen (secondary N) is 1. The van der Waals surface area contributed by atoms with Gasteiger partial charge in [-0.25, -0.2) is 0 Å². The molecule has 1 aromatic carbocycles. The van der Waals surface area contributed by atoms with Gasteiger partial charge in [-0.2, -0.15) is 0 Å². The summed E-state index contributed by atoms with van der Waals surface area (Å²) in [6.07, 6.45) is 2.19. The summed E-state index contributed by atoms with van der Waals surface area (Å²) in [5, 5.41) is 9.90. The van der Waals surface area contributed by atoms with Gasteiger partial charge in [0.1, 0.15) is 6.04 Å². The minimum atomic E-state index is 0.208. The fraction of sp³-hybridized carbons (Fsp3) is 0.609. The number of piperidine rings is 1. The summed E-state index contributed by atoms with van der Waals surface area (Å²) in [5.41, 5.74) is 1.22. The number of carbonyl (C=O) groups excluding carboxylic acids is 1. The first-order chi connectivity index (χ1) is 14.4. The maximum Gasteiger partial charge on any atom is 0.233 e. The molecular formula is C23H36N5OS+. The van der Waals surface area contributed by atoms with E-state index in [1.165, 1.54) is 28.6 Å². The summed E-state index contributed by atoms with van der Waals surface area (Å²) in [5.74, 6) is 2.77. The van der Waals surface area contributed by atoms with Crippen LogP contribution >= 0.6 is 11.8 Å². The van der Waals surface area contributed by atoms with Crippen molar-refractivity contribution in [2.45, 2.75) is 51.4 Å². The van der Waals surface area contributed by atoms with E-state index in [2.05, 4.69) is 73.9 Å². The van der Waals surface area contributed by atoms with Gasteiger partial charge in [0.15, 0.2) is 11.0 Å². The number of carbonyl (C=O) groups is 1. The van der Waals surface area contributed by atoms with Crippen LogP contribution < -0.4 is 4.90 Å². The smallest absolute Gasteiger partial charge is 0.233 e. The molecule has 1 saturated heterocycles. The van der Waals surface area contributed by atoms with Gasteiger partial charge >= 0.3 is 0 Å². The standard InChI is InChI=1S/C23H35N5OS/c1-6-20(26(4)5)22-24-25-23(28(22)15-19-10-8-7-9-11-19)30-16-21(29)27-13-17(2)12-18(3)14-27/h7-11,17-18,20H,6,12-16H2,1-5H3/p+1/t17-,18+,20-/m0/s1. The molecule has 0 spiro atoms. The maximum atomic E-state index is 12.9. The summed E-state index contributed by atoms with van der Waals surface area (Å²) in [6.45, 7) is 9.12. The fourth-order valence-corrected chi connectivity index (χ4v) is 5.36. The Hall–Kier alpha value is -1.86. The van der Waals surface area contributed by atoms with Gasteiger partial charge in [0, 0.05) is 19.5 Å². The molecule has 0 radical (unpaired) electrons. The molecule has 164 valence electrons. The second-order valence-electron chi connectivity index (χ2n) is 8.98. The van der Waals surface area contributed by atoms with Crippen LogP contribution in [0.25, 0.3) is 0 Å². The zero-order valence-electron chi connectivity index (χ0n) is 19.0. The molecular weight excluding hydrogens is 394 g/mol. The topological polar surface area (TPSA) is 55.5 Å². The van der Waals surface area contributed by atoms with Crippen molar-refractivity contribution < 1.29 is 9.69 Å². The molecule has 1 aliphatic rings. The minimum absolute atomic E-state index is 0.208. The Morgan fingerprint density at radius 1 is 1.17 bits per heavy atom. The van der Waals surface area contributed by atoms with Crippen molar-refractivity contribution in [1.29, 1.82) is 0 Å².